The summed E-state index contributed by atoms with van der Waals surface area (Å²) in [6.45, 7) is 7.38. The summed E-state index contributed by atoms with van der Waals surface area (Å²) in [6, 6.07) is 19.1. The van der Waals surface area contributed by atoms with Crippen LogP contribution in [0, 0.1) is 0 Å². The van der Waals surface area contributed by atoms with E-state index >= 15 is 0 Å². The fourth-order valence-electron chi connectivity index (χ4n) is 3.23. The van der Waals surface area contributed by atoms with Gasteiger partial charge in [-0.2, -0.15) is 0 Å². The first-order chi connectivity index (χ1) is 13.6. The van der Waals surface area contributed by atoms with E-state index in [2.05, 4.69) is 0 Å². The summed E-state index contributed by atoms with van der Waals surface area (Å²) in [4.78, 5) is 21.8. The molecule has 0 aliphatic rings. The highest BCUT2D eigenvalue weighted by Crippen LogP contribution is 2.47. The van der Waals surface area contributed by atoms with Crippen LogP contribution in [0.25, 0.3) is 0 Å². The highest BCUT2D eigenvalue weighted by molar-refractivity contribution is 7.47. The fourth-order valence-corrected chi connectivity index (χ4v) is 8.23. The summed E-state index contributed by atoms with van der Waals surface area (Å²) in [7, 11) is -7.74. The molecule has 29 heavy (non-hydrogen) atoms. The van der Waals surface area contributed by atoms with Gasteiger partial charge in [0.25, 0.3) is 0 Å². The summed E-state index contributed by atoms with van der Waals surface area (Å²) < 4.78 is 28.2. The molecule has 1 atom stereocenters. The van der Waals surface area contributed by atoms with Gasteiger partial charge in [0.2, 0.25) is 0 Å². The standard InChI is InChI=1S/C21H29O6PSi/c1-5-12-18(22)17-25-28(23,24)26-27-29(21(2,3)4,19-13-8-6-9-14-19)20-15-10-7-11-16-20/h6-11,13-16H,5,12,17H2,1-4H3,(H,23,24). The van der Waals surface area contributed by atoms with E-state index in [9.17, 15) is 14.3 Å². The summed E-state index contributed by atoms with van der Waals surface area (Å²) in [5, 5.41) is 1.34. The lowest BCUT2D eigenvalue weighted by atomic mass is 10.2. The van der Waals surface area contributed by atoms with Crippen molar-refractivity contribution in [3.63, 3.8) is 0 Å². The van der Waals surface area contributed by atoms with Gasteiger partial charge in [-0.05, 0) is 21.8 Å². The second-order valence-corrected chi connectivity index (χ2v) is 13.4. The molecule has 158 valence electrons. The van der Waals surface area contributed by atoms with E-state index in [-0.39, 0.29) is 12.2 Å². The van der Waals surface area contributed by atoms with Gasteiger partial charge >= 0.3 is 16.1 Å². The molecule has 6 nitrogen and oxygen atoms in total. The third kappa shape index (κ3) is 5.95. The third-order valence-corrected chi connectivity index (χ3v) is 10.2. The van der Waals surface area contributed by atoms with Gasteiger partial charge in [-0.25, -0.2) is 4.57 Å². The number of hydrogen-bond donors (Lipinski definition) is 1. The predicted octanol–water partition coefficient (Wildman–Crippen LogP) is 3.98. The molecule has 0 saturated heterocycles. The topological polar surface area (TPSA) is 82.1 Å². The zero-order valence-corrected chi connectivity index (χ0v) is 19.2. The van der Waals surface area contributed by atoms with Crippen LogP contribution >= 0.6 is 7.82 Å². The van der Waals surface area contributed by atoms with Gasteiger partial charge in [-0.3, -0.25) is 13.9 Å². The lowest BCUT2D eigenvalue weighted by molar-refractivity contribution is -0.142. The first-order valence-electron chi connectivity index (χ1n) is 9.60. The van der Waals surface area contributed by atoms with Crippen LogP contribution in [0.1, 0.15) is 40.5 Å². The molecule has 0 fully saturated rings. The molecule has 2 rings (SSSR count). The molecule has 1 unspecified atom stereocenters. The number of Topliss-reactive ketones (excluding diaryl/α,β-unsaturated/α-hetero) is 1. The smallest absolute Gasteiger partial charge is 0.301 e. The Morgan fingerprint density at radius 3 is 1.90 bits per heavy atom. The summed E-state index contributed by atoms with van der Waals surface area (Å²) >= 11 is 0. The Morgan fingerprint density at radius 2 is 1.48 bits per heavy atom. The summed E-state index contributed by atoms with van der Waals surface area (Å²) in [5.74, 6) is -0.268. The molecule has 0 aliphatic carbocycles. The van der Waals surface area contributed by atoms with E-state index in [1.807, 2.05) is 88.4 Å². The third-order valence-electron chi connectivity index (χ3n) is 4.59. The molecule has 0 radical (unpaired) electrons. The van der Waals surface area contributed by atoms with Crippen molar-refractivity contribution in [3.8, 4) is 0 Å². The zero-order chi connectivity index (χ0) is 21.5. The Morgan fingerprint density at radius 1 is 1.00 bits per heavy atom. The lowest BCUT2D eigenvalue weighted by Gasteiger charge is -2.41. The van der Waals surface area contributed by atoms with E-state index in [4.69, 9.17) is 13.8 Å². The predicted molar refractivity (Wildman–Crippen MR) is 115 cm³/mol. The number of ketones is 1. The molecular formula is C21H29O6PSi. The van der Waals surface area contributed by atoms with Crippen molar-refractivity contribution in [2.24, 2.45) is 0 Å². The van der Waals surface area contributed by atoms with Crippen LogP contribution in [0.5, 0.6) is 0 Å². The maximum atomic E-state index is 12.4. The van der Waals surface area contributed by atoms with Crippen molar-refractivity contribution in [2.75, 3.05) is 6.61 Å². The minimum atomic E-state index is -4.59. The SMILES string of the molecule is CCCC(=O)COP(=O)(O)OO[Si](c1ccccc1)(c1ccccc1)C(C)(C)C. The Balaban J connectivity index is 2.39. The van der Waals surface area contributed by atoms with Gasteiger partial charge in [0.15, 0.2) is 5.78 Å². The van der Waals surface area contributed by atoms with Gasteiger partial charge in [-0.1, -0.05) is 88.4 Å². The van der Waals surface area contributed by atoms with Gasteiger partial charge < -0.3 is 4.89 Å². The van der Waals surface area contributed by atoms with Crippen molar-refractivity contribution < 1.29 is 28.0 Å². The molecule has 1 N–H and O–H groups in total. The van der Waals surface area contributed by atoms with Crippen LogP contribution < -0.4 is 10.4 Å². The van der Waals surface area contributed by atoms with Crippen LogP contribution in [0.3, 0.4) is 0 Å². The first kappa shape index (κ1) is 23.7. The first-order valence-corrected chi connectivity index (χ1v) is 13.0. The van der Waals surface area contributed by atoms with Gasteiger partial charge in [-0.15, -0.1) is 4.67 Å². The Kier molecular flexibility index (Phi) is 8.11. The minimum absolute atomic E-state index is 0.268. The van der Waals surface area contributed by atoms with Crippen molar-refractivity contribution in [2.45, 2.75) is 45.6 Å². The number of carbonyl (C=O) groups is 1. The van der Waals surface area contributed by atoms with Crippen LogP contribution in [-0.2, 0) is 23.1 Å². The van der Waals surface area contributed by atoms with Gasteiger partial charge in [0.1, 0.15) is 6.61 Å². The maximum Gasteiger partial charge on any atom is 0.499 e. The number of rotatable bonds is 10. The molecule has 8 heteroatoms. The highest BCUT2D eigenvalue weighted by Gasteiger charge is 2.53. The molecule has 0 aromatic heterocycles. The van der Waals surface area contributed by atoms with E-state index in [0.29, 0.717) is 6.42 Å². The van der Waals surface area contributed by atoms with E-state index in [0.717, 1.165) is 10.4 Å². The zero-order valence-electron chi connectivity index (χ0n) is 17.3. The Bertz CT molecular complexity index is 796. The molecule has 0 spiro atoms. The van der Waals surface area contributed by atoms with E-state index in [1.165, 1.54) is 0 Å². The summed E-state index contributed by atoms with van der Waals surface area (Å²) in [6.07, 6.45) is 0.910. The van der Waals surface area contributed by atoms with E-state index in [1.54, 1.807) is 0 Å². The lowest BCUT2D eigenvalue weighted by Crippen LogP contribution is -2.66. The van der Waals surface area contributed by atoms with Crippen molar-refractivity contribution in [1.29, 1.82) is 0 Å². The largest absolute Gasteiger partial charge is 0.499 e. The van der Waals surface area contributed by atoms with Crippen molar-refractivity contribution in [3.05, 3.63) is 60.7 Å². The number of hydrogen-bond acceptors (Lipinski definition) is 5. The number of benzene rings is 2. The summed E-state index contributed by atoms with van der Waals surface area (Å²) in [5.41, 5.74) is 0. The number of phosphoric acid groups is 1. The normalized spacial score (nSPS) is 14.4. The second kappa shape index (κ2) is 9.94. The molecule has 2 aromatic rings. The average Bonchev–Trinajstić information content (AvgIpc) is 2.68. The minimum Gasteiger partial charge on any atom is -0.301 e. The van der Waals surface area contributed by atoms with Crippen LogP contribution in [-0.4, -0.2) is 25.6 Å². The van der Waals surface area contributed by atoms with Crippen molar-refractivity contribution in [1.82, 2.24) is 0 Å². The van der Waals surface area contributed by atoms with E-state index < -0.39 is 27.8 Å². The molecule has 2 aromatic carbocycles. The highest BCUT2D eigenvalue weighted by atomic mass is 31.2. The van der Waals surface area contributed by atoms with Crippen LogP contribution in [0.4, 0.5) is 0 Å². The molecule has 0 bridgehead atoms. The fraction of sp³-hybridized carbons (Fsp3) is 0.381. The molecule has 0 amide bonds. The molecular weight excluding hydrogens is 407 g/mol. The Labute approximate surface area is 173 Å². The molecule has 0 aliphatic heterocycles. The molecule has 0 saturated carbocycles. The Hall–Kier alpha value is -1.60. The quantitative estimate of drug-likeness (QED) is 0.263. The van der Waals surface area contributed by atoms with Crippen molar-refractivity contribution >= 4 is 32.3 Å². The average molecular weight is 437 g/mol. The maximum absolute atomic E-state index is 12.4. The van der Waals surface area contributed by atoms with Gasteiger partial charge in [0, 0.05) is 6.42 Å². The number of carbonyl (C=O) groups excluding carboxylic acids is 1. The number of phosphoric ester groups is 1. The van der Waals surface area contributed by atoms with Crippen LogP contribution in [0.15, 0.2) is 60.7 Å². The molecule has 0 heterocycles. The van der Waals surface area contributed by atoms with Gasteiger partial charge in [0.05, 0.1) is 0 Å². The second-order valence-electron chi connectivity index (χ2n) is 7.85. The van der Waals surface area contributed by atoms with Crippen LogP contribution in [0.2, 0.25) is 5.04 Å². The monoisotopic (exact) mass is 436 g/mol.